The van der Waals surface area contributed by atoms with Gasteiger partial charge in [0.2, 0.25) is 0 Å². The van der Waals surface area contributed by atoms with Gasteiger partial charge in [-0.15, -0.1) is 0 Å². The van der Waals surface area contributed by atoms with Gasteiger partial charge >= 0.3 is 11.9 Å². The first kappa shape index (κ1) is 14.0. The molecule has 0 bridgehead atoms. The molecule has 5 nitrogen and oxygen atoms in total. The number of thiocarbonyl (C=S) groups is 1. The van der Waals surface area contributed by atoms with Crippen molar-refractivity contribution in [2.24, 2.45) is 4.99 Å². The smallest absolute Gasteiger partial charge is 0.332 e. The molecule has 0 heterocycles. The van der Waals surface area contributed by atoms with E-state index in [2.05, 4.69) is 17.2 Å². The average molecular weight is 265 g/mol. The van der Waals surface area contributed by atoms with Crippen LogP contribution in [0.2, 0.25) is 0 Å². The Morgan fingerprint density at radius 1 is 1.39 bits per heavy atom. The number of benzene rings is 1. The van der Waals surface area contributed by atoms with Crippen LogP contribution in [0.5, 0.6) is 0 Å². The normalized spacial score (nSPS) is 11.1. The quantitative estimate of drug-likeness (QED) is 0.481. The van der Waals surface area contributed by atoms with Crippen LogP contribution in [0.1, 0.15) is 12.0 Å². The number of carboxylic acid groups (broad SMARTS) is 1. The van der Waals surface area contributed by atoms with Crippen LogP contribution < -0.4 is 0 Å². The van der Waals surface area contributed by atoms with Crippen LogP contribution >= 0.6 is 12.2 Å². The maximum absolute atomic E-state index is 11.6. The fourth-order valence-corrected chi connectivity index (χ4v) is 1.36. The third kappa shape index (κ3) is 4.86. The van der Waals surface area contributed by atoms with Crippen molar-refractivity contribution < 1.29 is 19.4 Å². The van der Waals surface area contributed by atoms with Crippen LogP contribution in [-0.4, -0.2) is 28.2 Å². The van der Waals surface area contributed by atoms with Gasteiger partial charge in [-0.2, -0.15) is 0 Å². The highest BCUT2D eigenvalue weighted by Crippen LogP contribution is 2.05. The van der Waals surface area contributed by atoms with Crippen molar-refractivity contribution in [3.05, 3.63) is 35.9 Å². The van der Waals surface area contributed by atoms with Gasteiger partial charge in [0.05, 0.1) is 11.6 Å². The van der Waals surface area contributed by atoms with E-state index >= 15 is 0 Å². The lowest BCUT2D eigenvalue weighted by atomic mass is 10.2. The van der Waals surface area contributed by atoms with E-state index in [4.69, 9.17) is 9.84 Å². The SMILES string of the molecule is O=C(O)CC(N=C=S)C(=O)OCc1ccccc1. The molecule has 1 N–H and O–H groups in total. The Balaban J connectivity index is 2.56. The number of nitrogens with zero attached hydrogens (tertiary/aromatic N) is 1. The molecule has 1 aromatic rings. The van der Waals surface area contributed by atoms with E-state index in [1.54, 1.807) is 12.1 Å². The Morgan fingerprint density at radius 3 is 2.61 bits per heavy atom. The van der Waals surface area contributed by atoms with Crippen LogP contribution in [0.3, 0.4) is 0 Å². The first-order valence-corrected chi connectivity index (χ1v) is 5.53. The van der Waals surface area contributed by atoms with Crippen molar-refractivity contribution >= 4 is 29.3 Å². The van der Waals surface area contributed by atoms with Crippen molar-refractivity contribution in [3.8, 4) is 0 Å². The standard InChI is InChI=1S/C12H11NO4S/c14-11(15)6-10(13-8-18)12(16)17-7-9-4-2-1-3-5-9/h1-5,10H,6-7H2,(H,14,15). The second-order valence-electron chi connectivity index (χ2n) is 3.43. The van der Waals surface area contributed by atoms with E-state index in [0.29, 0.717) is 0 Å². The van der Waals surface area contributed by atoms with Gasteiger partial charge in [-0.25, -0.2) is 9.79 Å². The van der Waals surface area contributed by atoms with Gasteiger partial charge in [0, 0.05) is 0 Å². The first-order valence-electron chi connectivity index (χ1n) is 5.13. The lowest BCUT2D eigenvalue weighted by Crippen LogP contribution is -2.24. The van der Waals surface area contributed by atoms with Crippen LogP contribution in [0.4, 0.5) is 0 Å². The van der Waals surface area contributed by atoms with Crippen molar-refractivity contribution in [2.75, 3.05) is 0 Å². The van der Waals surface area contributed by atoms with Gasteiger partial charge in [-0.1, -0.05) is 30.3 Å². The molecule has 1 aromatic carbocycles. The predicted molar refractivity (Wildman–Crippen MR) is 67.3 cm³/mol. The number of hydrogen-bond donors (Lipinski definition) is 1. The van der Waals surface area contributed by atoms with E-state index < -0.39 is 24.4 Å². The number of hydrogen-bond acceptors (Lipinski definition) is 5. The summed E-state index contributed by atoms with van der Waals surface area (Å²) < 4.78 is 4.96. The van der Waals surface area contributed by atoms with Gasteiger partial charge in [0.1, 0.15) is 6.61 Å². The molecule has 0 aliphatic rings. The zero-order valence-corrected chi connectivity index (χ0v) is 10.2. The summed E-state index contributed by atoms with van der Waals surface area (Å²) in [5.74, 6) is -1.87. The van der Waals surface area contributed by atoms with E-state index in [0.717, 1.165) is 5.56 Å². The molecule has 0 aliphatic heterocycles. The summed E-state index contributed by atoms with van der Waals surface area (Å²) in [5, 5.41) is 10.6. The number of ether oxygens (including phenoxy) is 1. The fraction of sp³-hybridized carbons (Fsp3) is 0.250. The van der Waals surface area contributed by atoms with Crippen LogP contribution in [0.15, 0.2) is 35.3 Å². The summed E-state index contributed by atoms with van der Waals surface area (Å²) in [6, 6.07) is 7.92. The summed E-state index contributed by atoms with van der Waals surface area (Å²) in [4.78, 5) is 25.6. The fourth-order valence-electron chi connectivity index (χ4n) is 1.24. The number of isothiocyanates is 1. The number of esters is 1. The summed E-state index contributed by atoms with van der Waals surface area (Å²) in [6.07, 6.45) is -0.461. The van der Waals surface area contributed by atoms with Crippen LogP contribution in [-0.2, 0) is 20.9 Å². The second-order valence-corrected chi connectivity index (χ2v) is 3.61. The molecular formula is C12H11NO4S. The molecule has 1 unspecified atom stereocenters. The Morgan fingerprint density at radius 2 is 2.06 bits per heavy atom. The summed E-state index contributed by atoms with van der Waals surface area (Å²) in [6.45, 7) is 0.0722. The van der Waals surface area contributed by atoms with Gasteiger partial charge in [-0.3, -0.25) is 4.79 Å². The molecule has 0 saturated carbocycles. The lowest BCUT2D eigenvalue weighted by molar-refractivity contribution is -0.150. The number of aliphatic imine (C=N–C) groups is 1. The molecular weight excluding hydrogens is 254 g/mol. The third-order valence-electron chi connectivity index (χ3n) is 2.07. The molecule has 6 heteroatoms. The number of carbonyl (C=O) groups is 2. The minimum Gasteiger partial charge on any atom is -0.481 e. The Labute approximate surface area is 109 Å². The molecule has 1 atom stereocenters. The minimum absolute atomic E-state index is 0.0722. The Hall–Kier alpha value is -2.04. The van der Waals surface area contributed by atoms with Crippen molar-refractivity contribution in [1.82, 2.24) is 0 Å². The molecule has 0 fully saturated rings. The highest BCUT2D eigenvalue weighted by atomic mass is 32.1. The molecule has 0 aromatic heterocycles. The molecule has 18 heavy (non-hydrogen) atoms. The van der Waals surface area contributed by atoms with E-state index in [1.807, 2.05) is 23.4 Å². The van der Waals surface area contributed by atoms with Gasteiger partial charge in [0.15, 0.2) is 6.04 Å². The van der Waals surface area contributed by atoms with Crippen LogP contribution in [0, 0.1) is 0 Å². The highest BCUT2D eigenvalue weighted by molar-refractivity contribution is 7.78. The minimum atomic E-state index is -1.15. The third-order valence-corrected chi connectivity index (χ3v) is 2.18. The number of carboxylic acids is 1. The number of carbonyl (C=O) groups excluding carboxylic acids is 1. The first-order chi connectivity index (χ1) is 8.63. The van der Waals surface area contributed by atoms with Crippen LogP contribution in [0.25, 0.3) is 0 Å². The molecule has 0 radical (unpaired) electrons. The Bertz CT molecular complexity index is 468. The average Bonchev–Trinajstić information content (AvgIpc) is 2.36. The van der Waals surface area contributed by atoms with Gasteiger partial charge in [0.25, 0.3) is 0 Å². The Kier molecular flexibility index (Phi) is 5.70. The van der Waals surface area contributed by atoms with Crippen molar-refractivity contribution in [2.45, 2.75) is 19.1 Å². The predicted octanol–water partition coefficient (Wildman–Crippen LogP) is 1.68. The molecule has 0 aliphatic carbocycles. The van der Waals surface area contributed by atoms with E-state index in [9.17, 15) is 9.59 Å². The number of aliphatic carboxylic acids is 1. The maximum atomic E-state index is 11.6. The number of rotatable bonds is 6. The van der Waals surface area contributed by atoms with E-state index in [-0.39, 0.29) is 6.61 Å². The highest BCUT2D eigenvalue weighted by Gasteiger charge is 2.22. The second kappa shape index (κ2) is 7.32. The molecule has 94 valence electrons. The molecule has 1 rings (SSSR count). The van der Waals surface area contributed by atoms with Gasteiger partial charge in [-0.05, 0) is 17.8 Å². The molecule has 0 saturated heterocycles. The summed E-state index contributed by atoms with van der Waals surface area (Å²) in [7, 11) is 0. The topological polar surface area (TPSA) is 76.0 Å². The zero-order chi connectivity index (χ0) is 13.4. The lowest BCUT2D eigenvalue weighted by Gasteiger charge is -2.09. The summed E-state index contributed by atoms with van der Waals surface area (Å²) >= 11 is 4.36. The monoisotopic (exact) mass is 265 g/mol. The largest absolute Gasteiger partial charge is 0.481 e. The van der Waals surface area contributed by atoms with Gasteiger partial charge < -0.3 is 9.84 Å². The van der Waals surface area contributed by atoms with Crippen molar-refractivity contribution in [1.29, 1.82) is 0 Å². The van der Waals surface area contributed by atoms with Crippen molar-refractivity contribution in [3.63, 3.8) is 0 Å². The summed E-state index contributed by atoms with van der Waals surface area (Å²) in [5.41, 5.74) is 0.811. The van der Waals surface area contributed by atoms with E-state index in [1.165, 1.54) is 0 Å². The molecule has 0 spiro atoms. The maximum Gasteiger partial charge on any atom is 0.332 e. The molecule has 0 amide bonds. The zero-order valence-electron chi connectivity index (χ0n) is 9.41.